The maximum Gasteiger partial charge on any atom is 0.244 e. The van der Waals surface area contributed by atoms with E-state index in [9.17, 15) is 18.0 Å². The number of nitrogens with zero attached hydrogens (tertiary/aromatic N) is 2. The van der Waals surface area contributed by atoms with Gasteiger partial charge >= 0.3 is 0 Å². The summed E-state index contributed by atoms with van der Waals surface area (Å²) in [6.07, 6.45) is 1.33. The van der Waals surface area contributed by atoms with Crippen molar-refractivity contribution < 1.29 is 18.0 Å². The molecule has 0 aliphatic heterocycles. The zero-order valence-corrected chi connectivity index (χ0v) is 26.0. The Morgan fingerprint density at radius 2 is 1.49 bits per heavy atom. The van der Waals surface area contributed by atoms with Crippen molar-refractivity contribution in [1.29, 1.82) is 0 Å². The topological polar surface area (TPSA) is 86.8 Å². The van der Waals surface area contributed by atoms with Crippen LogP contribution in [0.15, 0.2) is 78.9 Å². The number of hydrogen-bond donors (Lipinski definition) is 1. The van der Waals surface area contributed by atoms with Gasteiger partial charge < -0.3 is 10.2 Å². The minimum atomic E-state index is -3.83. The summed E-state index contributed by atoms with van der Waals surface area (Å²) >= 11 is 6.49. The van der Waals surface area contributed by atoms with Crippen molar-refractivity contribution in [3.05, 3.63) is 101 Å². The van der Waals surface area contributed by atoms with E-state index in [4.69, 9.17) is 11.6 Å². The number of anilines is 1. The lowest BCUT2D eigenvalue weighted by molar-refractivity contribution is -0.140. The van der Waals surface area contributed by atoms with E-state index in [1.54, 1.807) is 30.3 Å². The molecule has 0 aliphatic carbocycles. The van der Waals surface area contributed by atoms with E-state index in [2.05, 4.69) is 19.2 Å². The molecule has 41 heavy (non-hydrogen) atoms. The number of sulfonamides is 1. The first kappa shape index (κ1) is 32.2. The summed E-state index contributed by atoms with van der Waals surface area (Å²) in [7, 11) is -3.83. The van der Waals surface area contributed by atoms with Gasteiger partial charge in [-0.15, -0.1) is 0 Å². The highest BCUT2D eigenvalue weighted by atomic mass is 35.5. The number of rotatable bonds is 13. The Morgan fingerprint density at radius 1 is 0.878 bits per heavy atom. The molecule has 0 aliphatic rings. The monoisotopic (exact) mass is 597 g/mol. The predicted molar refractivity (Wildman–Crippen MR) is 167 cm³/mol. The predicted octanol–water partition coefficient (Wildman–Crippen LogP) is 5.64. The third-order valence-corrected chi connectivity index (χ3v) is 8.29. The molecular formula is C32H40ClN3O4S. The fourth-order valence-corrected chi connectivity index (χ4v) is 5.47. The highest BCUT2D eigenvalue weighted by Crippen LogP contribution is 2.24. The van der Waals surface area contributed by atoms with Crippen LogP contribution < -0.4 is 9.62 Å². The largest absolute Gasteiger partial charge is 0.354 e. The van der Waals surface area contributed by atoms with Crippen molar-refractivity contribution >= 4 is 39.1 Å². The van der Waals surface area contributed by atoms with Gasteiger partial charge in [0.25, 0.3) is 0 Å². The highest BCUT2D eigenvalue weighted by molar-refractivity contribution is 7.92. The summed E-state index contributed by atoms with van der Waals surface area (Å²) in [5.74, 6) is -0.343. The van der Waals surface area contributed by atoms with Crippen molar-refractivity contribution in [3.8, 4) is 0 Å². The maximum atomic E-state index is 14.1. The van der Waals surface area contributed by atoms with E-state index in [-0.39, 0.29) is 30.7 Å². The fraction of sp³-hybridized carbons (Fsp3) is 0.375. The van der Waals surface area contributed by atoms with E-state index in [0.717, 1.165) is 21.7 Å². The highest BCUT2D eigenvalue weighted by Gasteiger charge is 2.33. The lowest BCUT2D eigenvalue weighted by Crippen LogP contribution is -2.53. The molecule has 0 heterocycles. The van der Waals surface area contributed by atoms with Crippen LogP contribution >= 0.6 is 11.6 Å². The molecule has 1 N–H and O–H groups in total. The van der Waals surface area contributed by atoms with E-state index in [0.29, 0.717) is 22.8 Å². The van der Waals surface area contributed by atoms with Crippen LogP contribution in [-0.2, 0) is 32.6 Å². The molecule has 9 heteroatoms. The molecule has 0 unspecified atom stereocenters. The molecule has 0 fully saturated rings. The Morgan fingerprint density at radius 3 is 2.05 bits per heavy atom. The summed E-state index contributed by atoms with van der Waals surface area (Å²) in [6, 6.07) is 22.8. The van der Waals surface area contributed by atoms with Crippen LogP contribution in [0.5, 0.6) is 0 Å². The Hall–Kier alpha value is -3.36. The molecule has 0 spiro atoms. The third-order valence-electron chi connectivity index (χ3n) is 6.78. The number of halogens is 1. The molecular weight excluding hydrogens is 558 g/mol. The minimum absolute atomic E-state index is 0.0367. The van der Waals surface area contributed by atoms with Gasteiger partial charge in [0.15, 0.2) is 0 Å². The quantitative estimate of drug-likeness (QED) is 0.276. The summed E-state index contributed by atoms with van der Waals surface area (Å²) < 4.78 is 27.0. The molecule has 0 saturated carbocycles. The molecule has 1 atom stereocenters. The van der Waals surface area contributed by atoms with E-state index >= 15 is 0 Å². The van der Waals surface area contributed by atoms with Crippen molar-refractivity contribution in [2.24, 2.45) is 5.92 Å². The molecule has 3 rings (SSSR count). The van der Waals surface area contributed by atoms with Gasteiger partial charge in [-0.3, -0.25) is 13.9 Å². The second-order valence-corrected chi connectivity index (χ2v) is 13.3. The van der Waals surface area contributed by atoms with E-state index in [1.165, 1.54) is 4.90 Å². The third kappa shape index (κ3) is 9.33. The van der Waals surface area contributed by atoms with Crippen LogP contribution in [0.4, 0.5) is 5.69 Å². The van der Waals surface area contributed by atoms with Crippen LogP contribution in [0.2, 0.25) is 5.02 Å². The van der Waals surface area contributed by atoms with Gasteiger partial charge in [-0.1, -0.05) is 100.0 Å². The summed E-state index contributed by atoms with van der Waals surface area (Å²) in [5, 5.41) is 3.43. The molecule has 0 bridgehead atoms. The molecule has 3 aromatic rings. The van der Waals surface area contributed by atoms with E-state index < -0.39 is 28.5 Å². The Balaban J connectivity index is 2.05. The normalized spacial score (nSPS) is 12.3. The van der Waals surface area contributed by atoms with Crippen LogP contribution in [0.25, 0.3) is 0 Å². The molecule has 7 nitrogen and oxygen atoms in total. The molecule has 0 radical (unpaired) electrons. The van der Waals surface area contributed by atoms with Crippen molar-refractivity contribution in [2.45, 2.75) is 52.6 Å². The number of carbonyl (C=O) groups is 2. The molecule has 220 valence electrons. The molecule has 3 aromatic carbocycles. The molecule has 2 amide bonds. The Labute approximate surface area is 249 Å². The zero-order chi connectivity index (χ0) is 30.2. The van der Waals surface area contributed by atoms with Gasteiger partial charge in [0, 0.05) is 24.5 Å². The summed E-state index contributed by atoms with van der Waals surface area (Å²) in [6.45, 7) is 8.10. The number of amides is 2. The first-order valence-corrected chi connectivity index (χ1v) is 16.0. The molecule has 0 saturated heterocycles. The summed E-state index contributed by atoms with van der Waals surface area (Å²) in [4.78, 5) is 29.2. The number of carbonyl (C=O) groups excluding carboxylic acids is 2. The van der Waals surface area contributed by atoms with Crippen molar-refractivity contribution in [3.63, 3.8) is 0 Å². The number of hydrogen-bond acceptors (Lipinski definition) is 4. The van der Waals surface area contributed by atoms with Crippen LogP contribution in [0.1, 0.15) is 50.3 Å². The van der Waals surface area contributed by atoms with Gasteiger partial charge in [0.2, 0.25) is 21.8 Å². The standard InChI is InChI=1S/C32H40ClN3O4S/c1-23(2)20-34-32(38)30(19-25-11-7-6-8-12-25)35(21-27-13-9-10-14-29(27)33)31(37)22-36(41(5,39)40)28-17-15-26(16-18-28)24(3)4/h6-18,23-24,30H,19-22H2,1-5H3,(H,34,38)/t30-/m0/s1. The zero-order valence-electron chi connectivity index (χ0n) is 24.4. The van der Waals surface area contributed by atoms with Gasteiger partial charge in [-0.05, 0) is 46.7 Å². The average molecular weight is 598 g/mol. The van der Waals surface area contributed by atoms with Crippen molar-refractivity contribution in [2.75, 3.05) is 23.7 Å². The van der Waals surface area contributed by atoms with E-state index in [1.807, 2.05) is 62.4 Å². The average Bonchev–Trinajstić information content (AvgIpc) is 2.93. The molecule has 0 aromatic heterocycles. The van der Waals surface area contributed by atoms with Crippen LogP contribution in [-0.4, -0.2) is 50.5 Å². The first-order chi connectivity index (χ1) is 19.4. The van der Waals surface area contributed by atoms with Gasteiger partial charge in [0.1, 0.15) is 12.6 Å². The minimum Gasteiger partial charge on any atom is -0.354 e. The summed E-state index contributed by atoms with van der Waals surface area (Å²) in [5.41, 5.74) is 2.97. The number of benzene rings is 3. The van der Waals surface area contributed by atoms with Gasteiger partial charge in [-0.2, -0.15) is 0 Å². The lowest BCUT2D eigenvalue weighted by atomic mass is 10.0. The van der Waals surface area contributed by atoms with Crippen LogP contribution in [0, 0.1) is 5.92 Å². The van der Waals surface area contributed by atoms with Crippen molar-refractivity contribution in [1.82, 2.24) is 10.2 Å². The fourth-order valence-electron chi connectivity index (χ4n) is 4.43. The maximum absolute atomic E-state index is 14.1. The Bertz CT molecular complexity index is 1410. The first-order valence-electron chi connectivity index (χ1n) is 13.8. The second kappa shape index (κ2) is 14.5. The number of nitrogens with one attached hydrogen (secondary N) is 1. The smallest absolute Gasteiger partial charge is 0.244 e. The van der Waals surface area contributed by atoms with Gasteiger partial charge in [0.05, 0.1) is 11.9 Å². The lowest BCUT2D eigenvalue weighted by Gasteiger charge is -2.34. The second-order valence-electron chi connectivity index (χ2n) is 11.0. The SMILES string of the molecule is CC(C)CNC(=O)[C@H](Cc1ccccc1)N(Cc1ccccc1Cl)C(=O)CN(c1ccc(C(C)C)cc1)S(C)(=O)=O. The van der Waals surface area contributed by atoms with Gasteiger partial charge in [-0.25, -0.2) is 8.42 Å². The Kier molecular flexibility index (Phi) is 11.4. The van der Waals surface area contributed by atoms with Crippen LogP contribution in [0.3, 0.4) is 0 Å².